The third-order valence-corrected chi connectivity index (χ3v) is 1.98. The van der Waals surface area contributed by atoms with Crippen molar-refractivity contribution in [2.24, 2.45) is 0 Å². The second-order valence-electron chi connectivity index (χ2n) is 3.02. The Morgan fingerprint density at radius 2 is 2.23 bits per heavy atom. The van der Waals surface area contributed by atoms with Gasteiger partial charge in [-0.1, -0.05) is 0 Å². The van der Waals surface area contributed by atoms with Gasteiger partial charge in [0.2, 0.25) is 0 Å². The zero-order valence-electron chi connectivity index (χ0n) is 7.54. The van der Waals surface area contributed by atoms with Crippen LogP contribution in [0.5, 0.6) is 0 Å². The van der Waals surface area contributed by atoms with Gasteiger partial charge >= 0.3 is 0 Å². The molecule has 13 heavy (non-hydrogen) atoms. The molecule has 1 aromatic rings. The molecule has 1 N–H and O–H groups in total. The highest BCUT2D eigenvalue weighted by Crippen LogP contribution is 2.05. The highest BCUT2D eigenvalue weighted by atomic mass is 127. The summed E-state index contributed by atoms with van der Waals surface area (Å²) in [5, 5.41) is 2.80. The number of amides is 1. The lowest BCUT2D eigenvalue weighted by Crippen LogP contribution is -2.30. The quantitative estimate of drug-likeness (QED) is 0.844. The molecular formula is C9H11IN2O. The molecule has 1 rings (SSSR count). The number of carbonyl (C=O) groups is 1. The molecule has 4 heteroatoms. The first-order valence-electron chi connectivity index (χ1n) is 4.01. The summed E-state index contributed by atoms with van der Waals surface area (Å²) in [6.45, 7) is 3.86. The fourth-order valence-electron chi connectivity index (χ4n) is 0.882. The topological polar surface area (TPSA) is 42.0 Å². The summed E-state index contributed by atoms with van der Waals surface area (Å²) in [5.41, 5.74) is 0.612. The second kappa shape index (κ2) is 4.55. The van der Waals surface area contributed by atoms with Crippen LogP contribution in [0.15, 0.2) is 18.5 Å². The molecule has 0 aliphatic heterocycles. The van der Waals surface area contributed by atoms with Gasteiger partial charge in [-0.05, 0) is 42.5 Å². The Bertz CT molecular complexity index is 312. The Morgan fingerprint density at radius 3 is 2.77 bits per heavy atom. The molecule has 0 fully saturated rings. The molecule has 0 aliphatic rings. The van der Waals surface area contributed by atoms with Crippen molar-refractivity contribution in [3.8, 4) is 0 Å². The number of rotatable bonds is 2. The van der Waals surface area contributed by atoms with Crippen LogP contribution in [0, 0.1) is 3.57 Å². The van der Waals surface area contributed by atoms with Crippen LogP contribution >= 0.6 is 22.6 Å². The van der Waals surface area contributed by atoms with Crippen molar-refractivity contribution >= 4 is 28.5 Å². The molecule has 1 heterocycles. The molecule has 3 nitrogen and oxygen atoms in total. The van der Waals surface area contributed by atoms with Crippen LogP contribution in [-0.2, 0) is 0 Å². The second-order valence-corrected chi connectivity index (χ2v) is 4.27. The SMILES string of the molecule is CC(C)NC(=O)c1cncc(I)c1. The fourth-order valence-corrected chi connectivity index (χ4v) is 1.38. The lowest BCUT2D eigenvalue weighted by atomic mass is 10.2. The number of nitrogens with zero attached hydrogens (tertiary/aromatic N) is 1. The van der Waals surface area contributed by atoms with Crippen LogP contribution in [0.1, 0.15) is 24.2 Å². The maximum atomic E-state index is 11.5. The predicted octanol–water partition coefficient (Wildman–Crippen LogP) is 1.82. The monoisotopic (exact) mass is 290 g/mol. The van der Waals surface area contributed by atoms with E-state index in [0.29, 0.717) is 5.56 Å². The van der Waals surface area contributed by atoms with E-state index in [1.54, 1.807) is 12.4 Å². The van der Waals surface area contributed by atoms with E-state index in [0.717, 1.165) is 3.57 Å². The normalized spacial score (nSPS) is 10.2. The Morgan fingerprint density at radius 1 is 1.54 bits per heavy atom. The van der Waals surface area contributed by atoms with Gasteiger partial charge in [-0.25, -0.2) is 0 Å². The summed E-state index contributed by atoms with van der Waals surface area (Å²) in [6, 6.07) is 1.97. The zero-order chi connectivity index (χ0) is 9.84. The Hall–Kier alpha value is -0.650. The predicted molar refractivity (Wildman–Crippen MR) is 59.6 cm³/mol. The van der Waals surface area contributed by atoms with Crippen LogP contribution in [0.3, 0.4) is 0 Å². The Balaban J connectivity index is 2.77. The van der Waals surface area contributed by atoms with E-state index in [-0.39, 0.29) is 11.9 Å². The molecule has 1 amide bonds. The Kier molecular flexibility index (Phi) is 3.65. The molecule has 0 aromatic carbocycles. The van der Waals surface area contributed by atoms with Crippen molar-refractivity contribution in [3.63, 3.8) is 0 Å². The minimum Gasteiger partial charge on any atom is -0.350 e. The minimum atomic E-state index is -0.0685. The number of carbonyl (C=O) groups excluding carboxylic acids is 1. The lowest BCUT2D eigenvalue weighted by molar-refractivity contribution is 0.0942. The molecule has 0 spiro atoms. The van der Waals surface area contributed by atoms with Crippen LogP contribution in [0.4, 0.5) is 0 Å². The standard InChI is InChI=1S/C9H11IN2O/c1-6(2)12-9(13)7-3-8(10)5-11-4-7/h3-6H,1-2H3,(H,12,13). The smallest absolute Gasteiger partial charge is 0.253 e. The molecule has 1 aromatic heterocycles. The largest absolute Gasteiger partial charge is 0.350 e. The van der Waals surface area contributed by atoms with Gasteiger partial charge in [0.15, 0.2) is 0 Å². The maximum Gasteiger partial charge on any atom is 0.253 e. The summed E-state index contributed by atoms with van der Waals surface area (Å²) in [4.78, 5) is 15.4. The third-order valence-electron chi connectivity index (χ3n) is 1.39. The van der Waals surface area contributed by atoms with Crippen molar-refractivity contribution in [1.29, 1.82) is 0 Å². The Labute approximate surface area is 91.1 Å². The van der Waals surface area contributed by atoms with E-state index >= 15 is 0 Å². The maximum absolute atomic E-state index is 11.5. The highest BCUT2D eigenvalue weighted by molar-refractivity contribution is 14.1. The lowest BCUT2D eigenvalue weighted by Gasteiger charge is -2.07. The fraction of sp³-hybridized carbons (Fsp3) is 0.333. The average molecular weight is 290 g/mol. The minimum absolute atomic E-state index is 0.0685. The number of nitrogens with one attached hydrogen (secondary N) is 1. The van der Waals surface area contributed by atoms with E-state index < -0.39 is 0 Å². The van der Waals surface area contributed by atoms with E-state index in [2.05, 4.69) is 32.9 Å². The van der Waals surface area contributed by atoms with Gasteiger partial charge in [-0.3, -0.25) is 9.78 Å². The van der Waals surface area contributed by atoms with Crippen molar-refractivity contribution in [1.82, 2.24) is 10.3 Å². The number of halogens is 1. The number of pyridine rings is 1. The van der Waals surface area contributed by atoms with E-state index in [1.807, 2.05) is 19.9 Å². The highest BCUT2D eigenvalue weighted by Gasteiger charge is 2.06. The summed E-state index contributed by atoms with van der Waals surface area (Å²) in [6.07, 6.45) is 3.28. The summed E-state index contributed by atoms with van der Waals surface area (Å²) in [5.74, 6) is -0.0685. The average Bonchev–Trinajstić information content (AvgIpc) is 2.03. The summed E-state index contributed by atoms with van der Waals surface area (Å²) in [7, 11) is 0. The zero-order valence-corrected chi connectivity index (χ0v) is 9.70. The van der Waals surface area contributed by atoms with Gasteiger partial charge in [0.05, 0.1) is 5.56 Å². The van der Waals surface area contributed by atoms with Crippen molar-refractivity contribution in [2.45, 2.75) is 19.9 Å². The molecule has 0 saturated heterocycles. The van der Waals surface area contributed by atoms with Gasteiger partial charge in [-0.15, -0.1) is 0 Å². The number of aromatic nitrogens is 1. The van der Waals surface area contributed by atoms with Crippen molar-refractivity contribution < 1.29 is 4.79 Å². The first kappa shape index (κ1) is 10.4. The first-order chi connectivity index (χ1) is 6.09. The number of hydrogen-bond donors (Lipinski definition) is 1. The van der Waals surface area contributed by atoms with Gasteiger partial charge in [0.25, 0.3) is 5.91 Å². The van der Waals surface area contributed by atoms with Gasteiger partial charge in [-0.2, -0.15) is 0 Å². The molecule has 0 bridgehead atoms. The molecule has 0 saturated carbocycles. The molecule has 70 valence electrons. The summed E-state index contributed by atoms with van der Waals surface area (Å²) >= 11 is 2.13. The van der Waals surface area contributed by atoms with Gasteiger partial charge in [0.1, 0.15) is 0 Å². The molecule has 0 unspecified atom stereocenters. The van der Waals surface area contributed by atoms with Crippen molar-refractivity contribution in [3.05, 3.63) is 27.6 Å². The van der Waals surface area contributed by atoms with Gasteiger partial charge in [0, 0.05) is 22.0 Å². The molecule has 0 aliphatic carbocycles. The molecule has 0 atom stereocenters. The molecule has 0 radical (unpaired) electrons. The van der Waals surface area contributed by atoms with Crippen molar-refractivity contribution in [2.75, 3.05) is 0 Å². The molecular weight excluding hydrogens is 279 g/mol. The number of hydrogen-bond acceptors (Lipinski definition) is 2. The van der Waals surface area contributed by atoms with Crippen LogP contribution in [0.2, 0.25) is 0 Å². The van der Waals surface area contributed by atoms with Gasteiger partial charge < -0.3 is 5.32 Å². The van der Waals surface area contributed by atoms with Crippen LogP contribution in [-0.4, -0.2) is 16.9 Å². The summed E-state index contributed by atoms with van der Waals surface area (Å²) < 4.78 is 0.967. The van der Waals surface area contributed by atoms with Crippen LogP contribution in [0.25, 0.3) is 0 Å². The van der Waals surface area contributed by atoms with E-state index in [1.165, 1.54) is 0 Å². The van der Waals surface area contributed by atoms with E-state index in [4.69, 9.17) is 0 Å². The van der Waals surface area contributed by atoms with E-state index in [9.17, 15) is 4.79 Å². The third kappa shape index (κ3) is 3.30. The van der Waals surface area contributed by atoms with Crippen LogP contribution < -0.4 is 5.32 Å². The first-order valence-corrected chi connectivity index (χ1v) is 5.09.